The van der Waals surface area contributed by atoms with Gasteiger partial charge in [0.15, 0.2) is 0 Å². The van der Waals surface area contributed by atoms with Gasteiger partial charge in [-0.05, 0) is 13.0 Å². The van der Waals surface area contributed by atoms with Gasteiger partial charge in [0.2, 0.25) is 5.06 Å². The third-order valence-corrected chi connectivity index (χ3v) is 2.14. The number of ether oxygens (including phenoxy) is 1. The van der Waals surface area contributed by atoms with Crippen molar-refractivity contribution >= 4 is 23.8 Å². The van der Waals surface area contributed by atoms with Gasteiger partial charge in [-0.25, -0.2) is 0 Å². The van der Waals surface area contributed by atoms with Crippen LogP contribution < -0.4 is 0 Å². The molecule has 5 nitrogen and oxygen atoms in total. The summed E-state index contributed by atoms with van der Waals surface area (Å²) in [6.45, 7) is 1.52. The summed E-state index contributed by atoms with van der Waals surface area (Å²) in [6.07, 6.45) is 0. The molecule has 0 aliphatic heterocycles. The van der Waals surface area contributed by atoms with Gasteiger partial charge < -0.3 is 4.74 Å². The van der Waals surface area contributed by atoms with Crippen LogP contribution in [0, 0.1) is 10.1 Å². The molecule has 6 heteroatoms. The van der Waals surface area contributed by atoms with Gasteiger partial charge >= 0.3 is 0 Å². The van der Waals surface area contributed by atoms with Crippen molar-refractivity contribution in [1.29, 1.82) is 0 Å². The van der Waals surface area contributed by atoms with E-state index in [1.807, 2.05) is 0 Å². The van der Waals surface area contributed by atoms with Crippen LogP contribution >= 0.6 is 11.6 Å². The van der Waals surface area contributed by atoms with Gasteiger partial charge in [0, 0.05) is 6.07 Å². The van der Waals surface area contributed by atoms with Crippen molar-refractivity contribution in [3.63, 3.8) is 0 Å². The lowest BCUT2D eigenvalue weighted by Crippen LogP contribution is -2.19. The van der Waals surface area contributed by atoms with Crippen LogP contribution in [0.3, 0.4) is 0 Å². The van der Waals surface area contributed by atoms with Gasteiger partial charge in [0.05, 0.1) is 10.5 Å². The zero-order chi connectivity index (χ0) is 11.5. The van der Waals surface area contributed by atoms with Crippen LogP contribution in [0.15, 0.2) is 24.3 Å². The molecule has 0 aliphatic carbocycles. The Labute approximate surface area is 90.8 Å². The average molecular weight is 230 g/mol. The molecule has 0 saturated heterocycles. The van der Waals surface area contributed by atoms with Crippen molar-refractivity contribution in [2.45, 2.75) is 12.0 Å². The van der Waals surface area contributed by atoms with Gasteiger partial charge in [-0.3, -0.25) is 14.9 Å². The normalized spacial score (nSPS) is 14.0. The van der Waals surface area contributed by atoms with Crippen LogP contribution in [0.4, 0.5) is 5.69 Å². The van der Waals surface area contributed by atoms with Gasteiger partial charge in [0.1, 0.15) is 0 Å². The number of para-hydroxylation sites is 1. The van der Waals surface area contributed by atoms with E-state index in [4.69, 9.17) is 11.6 Å². The number of nitrogens with zero attached hydrogens (tertiary/aromatic N) is 1. The molecule has 0 heterocycles. The Morgan fingerprint density at radius 3 is 2.67 bits per heavy atom. The molecule has 0 fully saturated rings. The number of hydrogen-bond acceptors (Lipinski definition) is 4. The molecule has 80 valence electrons. The third kappa shape index (κ3) is 2.44. The molecule has 0 bridgehead atoms. The Balaban J connectivity index is 3.23. The summed E-state index contributed by atoms with van der Waals surface area (Å²) < 4.78 is 4.59. The monoisotopic (exact) mass is 229 g/mol. The average Bonchev–Trinajstić information content (AvgIpc) is 2.17. The van der Waals surface area contributed by atoms with E-state index in [2.05, 4.69) is 4.74 Å². The summed E-state index contributed by atoms with van der Waals surface area (Å²) >= 11 is 5.85. The maximum Gasteiger partial charge on any atom is 0.295 e. The summed E-state index contributed by atoms with van der Waals surface area (Å²) in [4.78, 5) is 20.3. The van der Waals surface area contributed by atoms with Crippen molar-refractivity contribution in [2.24, 2.45) is 0 Å². The van der Waals surface area contributed by atoms with E-state index in [9.17, 15) is 14.9 Å². The molecule has 1 aromatic carbocycles. The van der Waals surface area contributed by atoms with E-state index < -0.39 is 9.98 Å². The molecule has 1 atom stereocenters. The van der Waals surface area contributed by atoms with E-state index in [1.54, 1.807) is 6.07 Å². The lowest BCUT2D eigenvalue weighted by atomic mass is 10.1. The highest BCUT2D eigenvalue weighted by Crippen LogP contribution is 2.35. The smallest absolute Gasteiger partial charge is 0.295 e. The maximum atomic E-state index is 10.7. The molecule has 1 rings (SSSR count). The first-order valence-corrected chi connectivity index (χ1v) is 4.41. The Hall–Kier alpha value is -1.62. The van der Waals surface area contributed by atoms with Crippen LogP contribution in [0.1, 0.15) is 12.5 Å². The highest BCUT2D eigenvalue weighted by atomic mass is 35.5. The molecule has 0 amide bonds. The lowest BCUT2D eigenvalue weighted by Gasteiger charge is -2.19. The first-order valence-electron chi connectivity index (χ1n) is 4.03. The lowest BCUT2D eigenvalue weighted by molar-refractivity contribution is -0.386. The molecular formula is C9H8ClNO4. The molecule has 0 N–H and O–H groups in total. The summed E-state index contributed by atoms with van der Waals surface area (Å²) in [5, 5.41) is 9.15. The van der Waals surface area contributed by atoms with Crippen LogP contribution in [-0.4, -0.2) is 11.4 Å². The van der Waals surface area contributed by atoms with Gasteiger partial charge in [-0.15, -0.1) is 0 Å². The molecule has 15 heavy (non-hydrogen) atoms. The number of nitro groups is 1. The molecule has 0 aromatic heterocycles. The third-order valence-electron chi connectivity index (χ3n) is 1.85. The van der Waals surface area contributed by atoms with Crippen molar-refractivity contribution in [3.05, 3.63) is 39.9 Å². The van der Waals surface area contributed by atoms with Crippen LogP contribution in [0.25, 0.3) is 0 Å². The molecular weight excluding hydrogens is 222 g/mol. The summed E-state index contributed by atoms with van der Waals surface area (Å²) in [5.41, 5.74) is -0.0411. The highest BCUT2D eigenvalue weighted by molar-refractivity contribution is 6.23. The van der Waals surface area contributed by atoms with E-state index in [1.165, 1.54) is 25.1 Å². The second-order valence-electron chi connectivity index (χ2n) is 2.91. The number of hydrogen-bond donors (Lipinski definition) is 0. The SMILES string of the molecule is CC(Cl)(OC=O)c1ccccc1[N+](=O)[O-]. The van der Waals surface area contributed by atoms with E-state index >= 15 is 0 Å². The molecule has 0 spiro atoms. The highest BCUT2D eigenvalue weighted by Gasteiger charge is 2.32. The second kappa shape index (κ2) is 4.27. The molecule has 0 radical (unpaired) electrons. The molecule has 0 saturated carbocycles. The fraction of sp³-hybridized carbons (Fsp3) is 0.222. The first-order chi connectivity index (χ1) is 6.99. The van der Waals surface area contributed by atoms with Gasteiger partial charge in [0.25, 0.3) is 12.2 Å². The number of carbonyl (C=O) groups is 1. The minimum atomic E-state index is -1.52. The summed E-state index contributed by atoms with van der Waals surface area (Å²) in [6, 6.07) is 5.82. The number of carbonyl (C=O) groups excluding carboxylic acids is 1. The Morgan fingerprint density at radius 1 is 1.53 bits per heavy atom. The van der Waals surface area contributed by atoms with Gasteiger partial charge in [-0.2, -0.15) is 0 Å². The van der Waals surface area contributed by atoms with Crippen molar-refractivity contribution < 1.29 is 14.5 Å². The van der Waals surface area contributed by atoms with E-state index in [0.717, 1.165) is 0 Å². The molecule has 1 unspecified atom stereocenters. The number of nitro benzene ring substituents is 1. The molecule has 0 aliphatic rings. The van der Waals surface area contributed by atoms with Gasteiger partial charge in [-0.1, -0.05) is 23.7 Å². The standard InChI is InChI=1S/C9H8ClNO4/c1-9(10,15-6-12)7-4-2-3-5-8(7)11(13)14/h2-6H,1H3. The Kier molecular flexibility index (Phi) is 3.26. The minimum absolute atomic E-state index is 0.142. The van der Waals surface area contributed by atoms with E-state index in [-0.39, 0.29) is 17.7 Å². The Bertz CT molecular complexity index is 391. The number of rotatable bonds is 4. The molecule has 1 aromatic rings. The summed E-state index contributed by atoms with van der Waals surface area (Å²) in [5.74, 6) is 0. The van der Waals surface area contributed by atoms with E-state index in [0.29, 0.717) is 0 Å². The zero-order valence-corrected chi connectivity index (χ0v) is 8.60. The fourth-order valence-corrected chi connectivity index (χ4v) is 1.36. The topological polar surface area (TPSA) is 69.4 Å². The van der Waals surface area contributed by atoms with Crippen LogP contribution in [-0.2, 0) is 14.6 Å². The van der Waals surface area contributed by atoms with Crippen molar-refractivity contribution in [1.82, 2.24) is 0 Å². The predicted molar refractivity (Wildman–Crippen MR) is 53.5 cm³/mol. The second-order valence-corrected chi connectivity index (χ2v) is 3.63. The fourth-order valence-electron chi connectivity index (χ4n) is 1.16. The number of halogens is 1. The largest absolute Gasteiger partial charge is 0.441 e. The minimum Gasteiger partial charge on any atom is -0.441 e. The van der Waals surface area contributed by atoms with Crippen LogP contribution in [0.2, 0.25) is 0 Å². The van der Waals surface area contributed by atoms with Crippen molar-refractivity contribution in [3.8, 4) is 0 Å². The van der Waals surface area contributed by atoms with Crippen molar-refractivity contribution in [2.75, 3.05) is 0 Å². The maximum absolute atomic E-state index is 10.7. The van der Waals surface area contributed by atoms with Crippen LogP contribution in [0.5, 0.6) is 0 Å². The zero-order valence-electron chi connectivity index (χ0n) is 7.84. The summed E-state index contributed by atoms with van der Waals surface area (Å²) in [7, 11) is 0. The number of benzene rings is 1. The Morgan fingerprint density at radius 2 is 2.13 bits per heavy atom. The first kappa shape index (κ1) is 11.5. The predicted octanol–water partition coefficient (Wildman–Crippen LogP) is 2.18. The number of alkyl halides is 1. The quantitative estimate of drug-likeness (QED) is 0.343.